The molecule has 0 radical (unpaired) electrons. The molecule has 1 atom stereocenters. The number of aromatic nitrogens is 1. The molecule has 2 nitrogen and oxygen atoms in total. The Balaban J connectivity index is 2.21. The van der Waals surface area contributed by atoms with Crippen molar-refractivity contribution in [1.82, 2.24) is 4.98 Å². The second-order valence-electron chi connectivity index (χ2n) is 4.53. The standard InChI is InChI=1S/C17H11ClN2/c18-13-6-7-15-14(8-9-20-17(15)10-13)16(11-19)12-4-2-1-3-5-12/h1-10,16H. The summed E-state index contributed by atoms with van der Waals surface area (Å²) in [4.78, 5) is 4.32. The molecule has 0 bridgehead atoms. The van der Waals surface area contributed by atoms with Gasteiger partial charge in [0.2, 0.25) is 0 Å². The van der Waals surface area contributed by atoms with Crippen LogP contribution in [0.1, 0.15) is 17.0 Å². The van der Waals surface area contributed by atoms with Gasteiger partial charge in [0.1, 0.15) is 0 Å². The summed E-state index contributed by atoms with van der Waals surface area (Å²) in [6, 6.07) is 19.6. The second kappa shape index (κ2) is 5.32. The summed E-state index contributed by atoms with van der Waals surface area (Å²) in [5, 5.41) is 11.2. The molecule has 3 heteroatoms. The number of halogens is 1. The molecule has 1 unspecified atom stereocenters. The largest absolute Gasteiger partial charge is 0.256 e. The maximum atomic E-state index is 9.55. The van der Waals surface area contributed by atoms with Crippen LogP contribution in [0.4, 0.5) is 0 Å². The molecule has 0 N–H and O–H groups in total. The molecule has 0 aliphatic heterocycles. The van der Waals surface area contributed by atoms with Crippen molar-refractivity contribution in [3.05, 3.63) is 76.9 Å². The Morgan fingerprint density at radius 3 is 2.60 bits per heavy atom. The lowest BCUT2D eigenvalue weighted by molar-refractivity contribution is 1.05. The van der Waals surface area contributed by atoms with Crippen LogP contribution in [0.25, 0.3) is 10.9 Å². The van der Waals surface area contributed by atoms with Crippen LogP contribution in [0, 0.1) is 11.3 Å². The summed E-state index contributed by atoms with van der Waals surface area (Å²) in [6.07, 6.45) is 1.72. The van der Waals surface area contributed by atoms with Gasteiger partial charge in [0.25, 0.3) is 0 Å². The van der Waals surface area contributed by atoms with Crippen molar-refractivity contribution in [3.63, 3.8) is 0 Å². The number of hydrogen-bond acceptors (Lipinski definition) is 2. The summed E-state index contributed by atoms with van der Waals surface area (Å²) < 4.78 is 0. The maximum Gasteiger partial charge on any atom is 0.0969 e. The van der Waals surface area contributed by atoms with E-state index in [9.17, 15) is 5.26 Å². The van der Waals surface area contributed by atoms with Crippen molar-refractivity contribution in [2.75, 3.05) is 0 Å². The maximum absolute atomic E-state index is 9.55. The van der Waals surface area contributed by atoms with E-state index in [-0.39, 0.29) is 5.92 Å². The van der Waals surface area contributed by atoms with Gasteiger partial charge in [-0.2, -0.15) is 5.26 Å². The van der Waals surface area contributed by atoms with Crippen LogP contribution in [0.3, 0.4) is 0 Å². The van der Waals surface area contributed by atoms with Gasteiger partial charge in [0.05, 0.1) is 17.5 Å². The summed E-state index contributed by atoms with van der Waals surface area (Å²) in [5.41, 5.74) is 2.75. The molecule has 0 fully saturated rings. The first-order valence-electron chi connectivity index (χ1n) is 6.28. The minimum absolute atomic E-state index is 0.303. The first-order valence-corrected chi connectivity index (χ1v) is 6.66. The number of rotatable bonds is 2. The Bertz CT molecular complexity index is 791. The van der Waals surface area contributed by atoms with E-state index in [0.29, 0.717) is 5.02 Å². The van der Waals surface area contributed by atoms with E-state index in [2.05, 4.69) is 11.1 Å². The zero-order valence-electron chi connectivity index (χ0n) is 10.6. The number of fused-ring (bicyclic) bond motifs is 1. The van der Waals surface area contributed by atoms with E-state index >= 15 is 0 Å². The van der Waals surface area contributed by atoms with E-state index in [4.69, 9.17) is 11.6 Å². The molecule has 0 saturated heterocycles. The van der Waals surface area contributed by atoms with Gasteiger partial charge in [-0.05, 0) is 29.3 Å². The average molecular weight is 279 g/mol. The monoisotopic (exact) mass is 278 g/mol. The zero-order chi connectivity index (χ0) is 13.9. The van der Waals surface area contributed by atoms with Crippen LogP contribution in [0.5, 0.6) is 0 Å². The van der Waals surface area contributed by atoms with Crippen molar-refractivity contribution in [2.24, 2.45) is 0 Å². The van der Waals surface area contributed by atoms with Crippen LogP contribution in [-0.2, 0) is 0 Å². The fourth-order valence-corrected chi connectivity index (χ4v) is 2.53. The molecule has 1 heterocycles. The van der Waals surface area contributed by atoms with Gasteiger partial charge >= 0.3 is 0 Å². The molecule has 0 saturated carbocycles. The first-order chi connectivity index (χ1) is 9.79. The van der Waals surface area contributed by atoms with Gasteiger partial charge in [-0.1, -0.05) is 48.0 Å². The number of pyridine rings is 1. The quantitative estimate of drug-likeness (QED) is 0.690. The van der Waals surface area contributed by atoms with Crippen LogP contribution in [-0.4, -0.2) is 4.98 Å². The number of nitrogens with zero attached hydrogens (tertiary/aromatic N) is 2. The predicted molar refractivity (Wildman–Crippen MR) is 80.7 cm³/mol. The highest BCUT2D eigenvalue weighted by Crippen LogP contribution is 2.30. The topological polar surface area (TPSA) is 36.7 Å². The van der Waals surface area contributed by atoms with E-state index < -0.39 is 0 Å². The fraction of sp³-hybridized carbons (Fsp3) is 0.0588. The van der Waals surface area contributed by atoms with E-state index in [0.717, 1.165) is 22.0 Å². The predicted octanol–water partition coefficient (Wildman–Crippen LogP) is 4.54. The lowest BCUT2D eigenvalue weighted by atomic mass is 9.90. The summed E-state index contributed by atoms with van der Waals surface area (Å²) in [5.74, 6) is -0.303. The van der Waals surface area contributed by atoms with E-state index in [1.54, 1.807) is 6.20 Å². The van der Waals surface area contributed by atoms with Crippen molar-refractivity contribution in [2.45, 2.75) is 5.92 Å². The fourth-order valence-electron chi connectivity index (χ4n) is 2.36. The third kappa shape index (κ3) is 2.24. The third-order valence-corrected chi connectivity index (χ3v) is 3.55. The highest BCUT2D eigenvalue weighted by atomic mass is 35.5. The Morgan fingerprint density at radius 1 is 1.05 bits per heavy atom. The summed E-state index contributed by atoms with van der Waals surface area (Å²) >= 11 is 6.00. The molecule has 20 heavy (non-hydrogen) atoms. The van der Waals surface area contributed by atoms with Crippen molar-refractivity contribution in [1.29, 1.82) is 5.26 Å². The highest BCUT2D eigenvalue weighted by Gasteiger charge is 2.16. The summed E-state index contributed by atoms with van der Waals surface area (Å²) in [6.45, 7) is 0. The summed E-state index contributed by atoms with van der Waals surface area (Å²) in [7, 11) is 0. The molecule has 0 aliphatic carbocycles. The number of hydrogen-bond donors (Lipinski definition) is 0. The normalized spacial score (nSPS) is 12.0. The second-order valence-corrected chi connectivity index (χ2v) is 4.97. The molecule has 1 aromatic heterocycles. The molecular weight excluding hydrogens is 268 g/mol. The van der Waals surface area contributed by atoms with Crippen LogP contribution in [0.15, 0.2) is 60.8 Å². The first kappa shape index (κ1) is 12.7. The molecule has 3 aromatic rings. The molecule has 96 valence electrons. The molecule has 0 aliphatic rings. The highest BCUT2D eigenvalue weighted by molar-refractivity contribution is 6.31. The van der Waals surface area contributed by atoms with Gasteiger partial charge in [-0.3, -0.25) is 4.98 Å². The number of benzene rings is 2. The van der Waals surface area contributed by atoms with E-state index in [1.165, 1.54) is 0 Å². The van der Waals surface area contributed by atoms with Gasteiger partial charge in [0, 0.05) is 16.6 Å². The van der Waals surface area contributed by atoms with Crippen molar-refractivity contribution in [3.8, 4) is 6.07 Å². The van der Waals surface area contributed by atoms with Gasteiger partial charge in [-0.25, -0.2) is 0 Å². The lowest BCUT2D eigenvalue weighted by Gasteiger charge is -2.12. The molecule has 3 rings (SSSR count). The van der Waals surface area contributed by atoms with Crippen LogP contribution in [0.2, 0.25) is 5.02 Å². The Labute approximate surface area is 122 Å². The third-order valence-electron chi connectivity index (χ3n) is 3.31. The zero-order valence-corrected chi connectivity index (χ0v) is 11.4. The minimum atomic E-state index is -0.303. The minimum Gasteiger partial charge on any atom is -0.256 e. The van der Waals surface area contributed by atoms with Crippen LogP contribution >= 0.6 is 11.6 Å². The van der Waals surface area contributed by atoms with Gasteiger partial charge in [-0.15, -0.1) is 0 Å². The smallest absolute Gasteiger partial charge is 0.0969 e. The molecule has 2 aromatic carbocycles. The molecular formula is C17H11ClN2. The van der Waals surface area contributed by atoms with Crippen molar-refractivity contribution >= 4 is 22.5 Å². The SMILES string of the molecule is N#CC(c1ccccc1)c1ccnc2cc(Cl)ccc12. The Morgan fingerprint density at radius 2 is 1.85 bits per heavy atom. The van der Waals surface area contributed by atoms with Crippen molar-refractivity contribution < 1.29 is 0 Å². The van der Waals surface area contributed by atoms with Gasteiger partial charge in [0.15, 0.2) is 0 Å². The lowest BCUT2D eigenvalue weighted by Crippen LogP contribution is -1.99. The Hall–Kier alpha value is -2.37. The Kier molecular flexibility index (Phi) is 3.37. The van der Waals surface area contributed by atoms with Crippen LogP contribution < -0.4 is 0 Å². The van der Waals surface area contributed by atoms with E-state index in [1.807, 2.05) is 54.6 Å². The average Bonchev–Trinajstić information content (AvgIpc) is 2.49. The molecule has 0 spiro atoms. The van der Waals surface area contributed by atoms with Gasteiger partial charge < -0.3 is 0 Å². The molecule has 0 amide bonds. The number of nitriles is 1.